The van der Waals surface area contributed by atoms with Crippen LogP contribution in [0.25, 0.3) is 0 Å². The largest absolute Gasteiger partial charge is 0.292 e. The predicted molar refractivity (Wildman–Crippen MR) is 76.8 cm³/mol. The molecule has 3 nitrogen and oxygen atoms in total. The minimum atomic E-state index is -0.348. The molecule has 4 heteroatoms. The van der Waals surface area contributed by atoms with Crippen molar-refractivity contribution in [3.05, 3.63) is 52.3 Å². The third-order valence-corrected chi connectivity index (χ3v) is 3.65. The van der Waals surface area contributed by atoms with Gasteiger partial charge in [0.1, 0.15) is 6.04 Å². The van der Waals surface area contributed by atoms with Gasteiger partial charge in [-0.3, -0.25) is 9.48 Å². The Hall–Kier alpha value is -1.61. The third-order valence-electron chi connectivity index (χ3n) is 3.28. The number of ketones is 1. The summed E-state index contributed by atoms with van der Waals surface area (Å²) < 4.78 is 1.62. The molecule has 0 radical (unpaired) electrons. The van der Waals surface area contributed by atoms with Crippen LogP contribution >= 0.6 is 11.6 Å². The Morgan fingerprint density at radius 3 is 2.47 bits per heavy atom. The van der Waals surface area contributed by atoms with Crippen molar-refractivity contribution in [3.8, 4) is 0 Å². The Labute approximate surface area is 118 Å². The van der Waals surface area contributed by atoms with E-state index in [2.05, 4.69) is 12.0 Å². The highest BCUT2D eigenvalue weighted by Crippen LogP contribution is 2.19. The summed E-state index contributed by atoms with van der Waals surface area (Å²) in [6.07, 6.45) is 2.66. The van der Waals surface area contributed by atoms with Gasteiger partial charge in [0.25, 0.3) is 0 Å². The van der Waals surface area contributed by atoms with Gasteiger partial charge in [-0.2, -0.15) is 5.10 Å². The van der Waals surface area contributed by atoms with Gasteiger partial charge in [-0.1, -0.05) is 42.8 Å². The molecule has 1 aromatic carbocycles. The number of hydrogen-bond donors (Lipinski definition) is 0. The highest BCUT2D eigenvalue weighted by atomic mass is 35.5. The molecule has 0 saturated carbocycles. The van der Waals surface area contributed by atoms with E-state index in [-0.39, 0.29) is 11.8 Å². The number of benzene rings is 1. The molecular weight excluding hydrogens is 260 g/mol. The van der Waals surface area contributed by atoms with Crippen molar-refractivity contribution in [1.82, 2.24) is 9.78 Å². The second-order valence-electron chi connectivity index (χ2n) is 4.63. The van der Waals surface area contributed by atoms with E-state index in [1.807, 2.05) is 38.1 Å². The summed E-state index contributed by atoms with van der Waals surface area (Å²) in [4.78, 5) is 12.4. The summed E-state index contributed by atoms with van der Waals surface area (Å²) in [5, 5.41) is 4.84. The number of aromatic nitrogens is 2. The average molecular weight is 277 g/mol. The third kappa shape index (κ3) is 2.87. The first-order chi connectivity index (χ1) is 9.02. The Morgan fingerprint density at radius 1 is 1.37 bits per heavy atom. The normalized spacial score (nSPS) is 12.4. The van der Waals surface area contributed by atoms with Crippen LogP contribution in [0.4, 0.5) is 0 Å². The molecule has 0 aliphatic heterocycles. The van der Waals surface area contributed by atoms with Crippen LogP contribution in [-0.4, -0.2) is 15.6 Å². The number of carbonyl (C=O) groups excluding carboxylic acids is 1. The predicted octanol–water partition coefficient (Wildman–Crippen LogP) is 3.85. The fourth-order valence-corrected chi connectivity index (χ4v) is 2.06. The molecule has 0 aliphatic rings. The SMILES string of the molecule is CCc1ccc(C(=O)C(C)n2cc(Cl)c(C)n2)cc1. The average Bonchev–Trinajstić information content (AvgIpc) is 2.77. The van der Waals surface area contributed by atoms with Crippen LogP contribution in [-0.2, 0) is 6.42 Å². The summed E-state index contributed by atoms with van der Waals surface area (Å²) >= 11 is 5.97. The molecule has 0 saturated heterocycles. The Kier molecular flexibility index (Phi) is 4.05. The number of hydrogen-bond acceptors (Lipinski definition) is 2. The van der Waals surface area contributed by atoms with E-state index in [0.717, 1.165) is 12.1 Å². The molecule has 1 unspecified atom stereocenters. The van der Waals surface area contributed by atoms with Gasteiger partial charge in [0.15, 0.2) is 5.78 Å². The van der Waals surface area contributed by atoms with Gasteiger partial charge >= 0.3 is 0 Å². The lowest BCUT2D eigenvalue weighted by Gasteiger charge is -2.11. The van der Waals surface area contributed by atoms with Gasteiger partial charge in [0, 0.05) is 11.8 Å². The molecule has 1 atom stereocenters. The maximum absolute atomic E-state index is 12.4. The molecular formula is C15H17ClN2O. The van der Waals surface area contributed by atoms with Crippen LogP contribution in [0.3, 0.4) is 0 Å². The topological polar surface area (TPSA) is 34.9 Å². The van der Waals surface area contributed by atoms with E-state index in [1.165, 1.54) is 5.56 Å². The molecule has 0 bridgehead atoms. The van der Waals surface area contributed by atoms with E-state index >= 15 is 0 Å². The first-order valence-electron chi connectivity index (χ1n) is 6.37. The Morgan fingerprint density at radius 2 is 2.00 bits per heavy atom. The molecule has 0 N–H and O–H groups in total. The zero-order chi connectivity index (χ0) is 14.0. The maximum Gasteiger partial charge on any atom is 0.187 e. The van der Waals surface area contributed by atoms with Crippen LogP contribution in [0.5, 0.6) is 0 Å². The maximum atomic E-state index is 12.4. The zero-order valence-corrected chi connectivity index (χ0v) is 12.1. The van der Waals surface area contributed by atoms with Crippen molar-refractivity contribution in [3.63, 3.8) is 0 Å². The summed E-state index contributed by atoms with van der Waals surface area (Å²) in [5.41, 5.74) is 2.67. The molecule has 0 aliphatic carbocycles. The van der Waals surface area contributed by atoms with E-state index in [0.29, 0.717) is 10.6 Å². The summed E-state index contributed by atoms with van der Waals surface area (Å²) in [6, 6.07) is 7.37. The summed E-state index contributed by atoms with van der Waals surface area (Å²) in [5.74, 6) is 0.0434. The fraction of sp³-hybridized carbons (Fsp3) is 0.333. The highest BCUT2D eigenvalue weighted by Gasteiger charge is 2.18. The summed E-state index contributed by atoms with van der Waals surface area (Å²) in [7, 11) is 0. The smallest absolute Gasteiger partial charge is 0.187 e. The van der Waals surface area contributed by atoms with Gasteiger partial charge < -0.3 is 0 Å². The van der Waals surface area contributed by atoms with Crippen LogP contribution in [0.2, 0.25) is 5.02 Å². The van der Waals surface area contributed by atoms with E-state index in [4.69, 9.17) is 11.6 Å². The second-order valence-corrected chi connectivity index (χ2v) is 5.04. The number of rotatable bonds is 4. The first-order valence-corrected chi connectivity index (χ1v) is 6.75. The minimum absolute atomic E-state index is 0.0434. The molecule has 0 amide bonds. The van der Waals surface area contributed by atoms with E-state index in [9.17, 15) is 4.79 Å². The van der Waals surface area contributed by atoms with Crippen molar-refractivity contribution in [2.75, 3.05) is 0 Å². The van der Waals surface area contributed by atoms with Crippen molar-refractivity contribution in [2.24, 2.45) is 0 Å². The highest BCUT2D eigenvalue weighted by molar-refractivity contribution is 6.31. The van der Waals surface area contributed by atoms with Crippen molar-refractivity contribution >= 4 is 17.4 Å². The molecule has 0 fully saturated rings. The zero-order valence-electron chi connectivity index (χ0n) is 11.4. The van der Waals surface area contributed by atoms with E-state index in [1.54, 1.807) is 10.9 Å². The number of nitrogens with zero attached hydrogens (tertiary/aromatic N) is 2. The van der Waals surface area contributed by atoms with Crippen LogP contribution in [0, 0.1) is 6.92 Å². The molecule has 1 heterocycles. The van der Waals surface area contributed by atoms with Crippen molar-refractivity contribution in [2.45, 2.75) is 33.2 Å². The van der Waals surface area contributed by atoms with E-state index < -0.39 is 0 Å². The number of halogens is 1. The standard InChI is InChI=1S/C15H17ClN2O/c1-4-12-5-7-13(8-6-12)15(19)11(3)18-9-14(16)10(2)17-18/h5-9,11H,4H2,1-3H3. The van der Waals surface area contributed by atoms with Crippen molar-refractivity contribution in [1.29, 1.82) is 0 Å². The lowest BCUT2D eigenvalue weighted by molar-refractivity contribution is 0.0928. The van der Waals surface area contributed by atoms with Crippen molar-refractivity contribution < 1.29 is 4.79 Å². The monoisotopic (exact) mass is 276 g/mol. The fourth-order valence-electron chi connectivity index (χ4n) is 1.92. The Bertz CT molecular complexity index is 567. The van der Waals surface area contributed by atoms with Gasteiger partial charge in [-0.05, 0) is 25.8 Å². The molecule has 2 rings (SSSR count). The van der Waals surface area contributed by atoms with Crippen LogP contribution in [0.1, 0.15) is 41.5 Å². The molecule has 1 aromatic heterocycles. The van der Waals surface area contributed by atoms with Crippen LogP contribution < -0.4 is 0 Å². The molecule has 100 valence electrons. The van der Waals surface area contributed by atoms with Crippen LogP contribution in [0.15, 0.2) is 30.5 Å². The lowest BCUT2D eigenvalue weighted by Crippen LogP contribution is -2.17. The second kappa shape index (κ2) is 5.57. The molecule has 0 spiro atoms. The van der Waals surface area contributed by atoms with Gasteiger partial charge in [0.05, 0.1) is 10.7 Å². The quantitative estimate of drug-likeness (QED) is 0.795. The molecule has 2 aromatic rings. The van der Waals surface area contributed by atoms with Gasteiger partial charge in [-0.25, -0.2) is 0 Å². The number of aryl methyl sites for hydroxylation is 2. The van der Waals surface area contributed by atoms with Gasteiger partial charge in [0.2, 0.25) is 0 Å². The van der Waals surface area contributed by atoms with Gasteiger partial charge in [-0.15, -0.1) is 0 Å². The Balaban J connectivity index is 2.22. The molecule has 19 heavy (non-hydrogen) atoms. The first kappa shape index (κ1) is 13.8. The lowest BCUT2D eigenvalue weighted by atomic mass is 10.0. The minimum Gasteiger partial charge on any atom is -0.292 e. The number of Topliss-reactive ketones (excluding diaryl/α,β-unsaturated/α-hetero) is 1. The number of carbonyl (C=O) groups is 1. The summed E-state index contributed by atoms with van der Waals surface area (Å²) in [6.45, 7) is 5.75.